The summed E-state index contributed by atoms with van der Waals surface area (Å²) in [6.45, 7) is 2.03. The van der Waals surface area contributed by atoms with Crippen LogP contribution in [0.15, 0.2) is 59.6 Å². The van der Waals surface area contributed by atoms with Gasteiger partial charge in [-0.15, -0.1) is 0 Å². The first-order chi connectivity index (χ1) is 16.9. The van der Waals surface area contributed by atoms with Gasteiger partial charge in [0.05, 0.1) is 22.5 Å². The van der Waals surface area contributed by atoms with Crippen molar-refractivity contribution >= 4 is 28.3 Å². The van der Waals surface area contributed by atoms with Crippen LogP contribution in [0.3, 0.4) is 0 Å². The van der Waals surface area contributed by atoms with Gasteiger partial charge in [0.25, 0.3) is 0 Å². The van der Waals surface area contributed by atoms with Crippen LogP contribution in [0.2, 0.25) is 0 Å². The van der Waals surface area contributed by atoms with Gasteiger partial charge in [0.1, 0.15) is 11.6 Å². The Hall–Kier alpha value is -3.67. The molecule has 10 nitrogen and oxygen atoms in total. The van der Waals surface area contributed by atoms with Gasteiger partial charge in [-0.25, -0.2) is 9.97 Å². The van der Waals surface area contributed by atoms with Crippen LogP contribution in [0.25, 0.3) is 11.4 Å². The summed E-state index contributed by atoms with van der Waals surface area (Å²) in [6, 6.07) is 15.2. The van der Waals surface area contributed by atoms with Crippen LogP contribution >= 0.6 is 0 Å². The summed E-state index contributed by atoms with van der Waals surface area (Å²) in [5.41, 5.74) is 9.08. The van der Waals surface area contributed by atoms with E-state index in [-0.39, 0.29) is 12.4 Å². The number of aliphatic hydroxyl groups is 2. The molecular weight excluding hydrogens is 466 g/mol. The molecule has 0 bridgehead atoms. The minimum Gasteiger partial charge on any atom is -0.396 e. The average Bonchev–Trinajstić information content (AvgIpc) is 3.29. The minimum absolute atomic E-state index is 0.240. The highest BCUT2D eigenvalue weighted by Crippen LogP contribution is 2.32. The first kappa shape index (κ1) is 24.5. The number of nitrogens with one attached hydrogen (secondary N) is 2. The number of fused-ring (bicyclic) bond motifs is 1. The molecule has 0 saturated carbocycles. The maximum atomic E-state index is 12.0. The quantitative estimate of drug-likeness (QED) is 0.281. The zero-order chi connectivity index (χ0) is 24.8. The van der Waals surface area contributed by atoms with Gasteiger partial charge >= 0.3 is 0 Å². The molecule has 35 heavy (non-hydrogen) atoms. The van der Waals surface area contributed by atoms with Crippen molar-refractivity contribution in [1.29, 1.82) is 0 Å². The van der Waals surface area contributed by atoms with Crippen molar-refractivity contribution in [3.63, 3.8) is 0 Å². The number of anilines is 3. The third-order valence-electron chi connectivity index (χ3n) is 5.35. The molecule has 5 rings (SSSR count). The summed E-state index contributed by atoms with van der Waals surface area (Å²) in [6.07, 6.45) is 2.18. The molecule has 6 N–H and O–H groups in total. The second kappa shape index (κ2) is 11.2. The predicted molar refractivity (Wildman–Crippen MR) is 134 cm³/mol. The van der Waals surface area contributed by atoms with Crippen LogP contribution in [0, 0.1) is 6.92 Å². The highest BCUT2D eigenvalue weighted by Gasteiger charge is 2.23. The number of H-pyrrole nitrogens is 1. The molecule has 2 atom stereocenters. The fourth-order valence-corrected chi connectivity index (χ4v) is 4.91. The number of nitrogens with zero attached hydrogens (tertiary/aromatic N) is 4. The van der Waals surface area contributed by atoms with Crippen molar-refractivity contribution in [1.82, 2.24) is 25.1 Å². The number of aromatic nitrogens is 5. The third kappa shape index (κ3) is 6.07. The number of nitrogen functional groups attached to an aromatic ring is 1. The summed E-state index contributed by atoms with van der Waals surface area (Å²) in [5.74, 6) is 2.14. The van der Waals surface area contributed by atoms with Crippen LogP contribution in [0.1, 0.15) is 29.5 Å². The molecule has 0 radical (unpaired) electrons. The van der Waals surface area contributed by atoms with Crippen LogP contribution < -0.4 is 11.1 Å². The Morgan fingerprint density at radius 1 is 1.20 bits per heavy atom. The lowest BCUT2D eigenvalue weighted by atomic mass is 10.1. The van der Waals surface area contributed by atoms with Gasteiger partial charge in [-0.1, -0.05) is 30.3 Å². The second-order valence-electron chi connectivity index (χ2n) is 7.93. The Kier molecular flexibility index (Phi) is 7.80. The highest BCUT2D eigenvalue weighted by molar-refractivity contribution is 7.85. The molecule has 0 fully saturated rings. The van der Waals surface area contributed by atoms with Gasteiger partial charge in [-0.05, 0) is 49.1 Å². The lowest BCUT2D eigenvalue weighted by Crippen LogP contribution is -2.15. The van der Waals surface area contributed by atoms with E-state index in [9.17, 15) is 9.32 Å². The van der Waals surface area contributed by atoms with Crippen LogP contribution in [0.5, 0.6) is 0 Å². The maximum absolute atomic E-state index is 12.0. The molecule has 11 heteroatoms. The molecule has 1 aliphatic rings. The number of aliphatic hydroxyl groups excluding tert-OH is 2. The summed E-state index contributed by atoms with van der Waals surface area (Å²) >= 11 is 0. The maximum Gasteiger partial charge on any atom is 0.229 e. The minimum atomic E-state index is -1.07. The summed E-state index contributed by atoms with van der Waals surface area (Å²) in [7, 11) is -1.07. The monoisotopic (exact) mass is 493 g/mol. The van der Waals surface area contributed by atoms with Gasteiger partial charge in [0, 0.05) is 29.1 Å². The van der Waals surface area contributed by atoms with Crippen molar-refractivity contribution in [3.8, 4) is 11.4 Å². The van der Waals surface area contributed by atoms with Crippen molar-refractivity contribution in [2.24, 2.45) is 0 Å². The summed E-state index contributed by atoms with van der Waals surface area (Å²) in [5, 5.41) is 28.5. The number of benzene rings is 2. The Balaban J connectivity index is 0.000000271. The van der Waals surface area contributed by atoms with E-state index in [0.29, 0.717) is 51.5 Å². The molecule has 2 unspecified atom stereocenters. The van der Waals surface area contributed by atoms with Gasteiger partial charge in [-0.2, -0.15) is 10.1 Å². The number of hydrogen-bond acceptors (Lipinski definition) is 9. The first-order valence-electron chi connectivity index (χ1n) is 11.1. The number of nitrogens with two attached hydrogens (primary N) is 1. The Morgan fingerprint density at radius 3 is 2.69 bits per heavy atom. The van der Waals surface area contributed by atoms with Crippen LogP contribution in [-0.4, -0.2) is 51.9 Å². The molecule has 3 heterocycles. The van der Waals surface area contributed by atoms with Crippen LogP contribution in [0.4, 0.5) is 17.5 Å². The Bertz CT molecular complexity index is 1310. The number of aromatic amines is 1. The molecule has 0 amide bonds. The lowest BCUT2D eigenvalue weighted by Gasteiger charge is -2.21. The zero-order valence-corrected chi connectivity index (χ0v) is 20.0. The first-order valence-corrected chi connectivity index (χ1v) is 12.4. The SMILES string of the molecule is Cc1nc(-c2cnc(Nc3ccc4c(c3)C(O)CCS4=O)nc2N)n[nH]1.OCCc1ccccc1. The van der Waals surface area contributed by atoms with E-state index in [4.69, 9.17) is 10.8 Å². The van der Waals surface area contributed by atoms with Gasteiger partial charge in [0.15, 0.2) is 5.82 Å². The number of rotatable bonds is 5. The molecule has 2 aromatic carbocycles. The van der Waals surface area contributed by atoms with E-state index in [2.05, 4.69) is 30.5 Å². The van der Waals surface area contributed by atoms with Crippen molar-refractivity contribution < 1.29 is 14.4 Å². The average molecular weight is 494 g/mol. The molecular formula is C24H27N7O3S. The lowest BCUT2D eigenvalue weighted by molar-refractivity contribution is 0.169. The fraction of sp³-hybridized carbons (Fsp3) is 0.250. The van der Waals surface area contributed by atoms with Crippen molar-refractivity contribution in [2.75, 3.05) is 23.4 Å². The zero-order valence-electron chi connectivity index (χ0n) is 19.2. The van der Waals surface area contributed by atoms with Crippen molar-refractivity contribution in [2.45, 2.75) is 30.8 Å². The molecule has 2 aromatic heterocycles. The van der Waals surface area contributed by atoms with E-state index in [0.717, 1.165) is 6.42 Å². The van der Waals surface area contributed by atoms with Gasteiger partial charge < -0.3 is 21.3 Å². The van der Waals surface area contributed by atoms with E-state index in [1.54, 1.807) is 31.3 Å². The van der Waals surface area contributed by atoms with Crippen molar-refractivity contribution in [3.05, 3.63) is 71.7 Å². The van der Waals surface area contributed by atoms with E-state index >= 15 is 0 Å². The molecule has 182 valence electrons. The fourth-order valence-electron chi connectivity index (χ4n) is 3.57. The van der Waals surface area contributed by atoms with Crippen LogP contribution in [-0.2, 0) is 17.2 Å². The smallest absolute Gasteiger partial charge is 0.229 e. The van der Waals surface area contributed by atoms with Gasteiger partial charge in [-0.3, -0.25) is 9.31 Å². The third-order valence-corrected chi connectivity index (χ3v) is 6.82. The molecule has 0 saturated heterocycles. The standard InChI is InChI=1S/C16H17N7O2S.C8H10O/c1-8-19-15(23-22-8)11-7-18-16(21-14(11)17)20-9-2-3-13-10(6-9)12(24)4-5-26(13)25;9-7-6-8-4-2-1-3-5-8/h2-3,6-7,12,24H,4-5H2,1H3,(H,19,22,23)(H3,17,18,20,21);1-5,9H,6-7H2. The Labute approximate surface area is 205 Å². The molecule has 0 spiro atoms. The van der Waals surface area contributed by atoms with Gasteiger partial charge in [0.2, 0.25) is 5.95 Å². The highest BCUT2D eigenvalue weighted by atomic mass is 32.2. The second-order valence-corrected chi connectivity index (χ2v) is 9.47. The summed E-state index contributed by atoms with van der Waals surface area (Å²) < 4.78 is 12.0. The number of hydrogen-bond donors (Lipinski definition) is 5. The largest absolute Gasteiger partial charge is 0.396 e. The topological polar surface area (TPSA) is 163 Å². The predicted octanol–water partition coefficient (Wildman–Crippen LogP) is 2.66. The molecule has 4 aromatic rings. The number of aryl methyl sites for hydroxylation is 1. The van der Waals surface area contributed by atoms with E-state index < -0.39 is 16.9 Å². The Morgan fingerprint density at radius 2 is 2.00 bits per heavy atom. The van der Waals surface area contributed by atoms with E-state index in [1.165, 1.54) is 5.56 Å². The molecule has 0 aliphatic carbocycles. The van der Waals surface area contributed by atoms with E-state index in [1.807, 2.05) is 30.3 Å². The summed E-state index contributed by atoms with van der Waals surface area (Å²) in [4.78, 5) is 13.4. The normalized spacial score (nSPS) is 16.7. The molecule has 1 aliphatic heterocycles.